The molecule has 3 rings (SSSR count). The van der Waals surface area contributed by atoms with Crippen molar-refractivity contribution in [2.24, 2.45) is 0 Å². The first kappa shape index (κ1) is 15.0. The maximum absolute atomic E-state index is 5.16. The van der Waals surface area contributed by atoms with Gasteiger partial charge < -0.3 is 20.1 Å². The van der Waals surface area contributed by atoms with Crippen molar-refractivity contribution in [3.63, 3.8) is 0 Å². The molecule has 8 nitrogen and oxygen atoms in total. The fourth-order valence-electron chi connectivity index (χ4n) is 2.09. The number of rotatable bonds is 7. The van der Waals surface area contributed by atoms with Crippen LogP contribution in [0.15, 0.2) is 30.5 Å². The molecule has 0 aliphatic heterocycles. The summed E-state index contributed by atoms with van der Waals surface area (Å²) in [6, 6.07) is 7.61. The quantitative estimate of drug-likeness (QED) is 0.575. The van der Waals surface area contributed by atoms with Gasteiger partial charge in [0, 0.05) is 19.3 Å². The number of fused-ring (bicyclic) bond motifs is 1. The number of H-pyrrole nitrogens is 1. The summed E-state index contributed by atoms with van der Waals surface area (Å²) in [6.07, 6.45) is 1.69. The van der Waals surface area contributed by atoms with E-state index in [2.05, 4.69) is 30.8 Å². The van der Waals surface area contributed by atoms with E-state index in [1.54, 1.807) is 20.4 Å². The Balaban J connectivity index is 1.86. The zero-order valence-corrected chi connectivity index (χ0v) is 13.0. The Hall–Kier alpha value is -2.87. The Kier molecular flexibility index (Phi) is 4.53. The van der Waals surface area contributed by atoms with Gasteiger partial charge >= 0.3 is 0 Å². The number of aromatic amines is 1. The van der Waals surface area contributed by atoms with Crippen LogP contribution >= 0.6 is 0 Å². The topological polar surface area (TPSA) is 97.0 Å². The fraction of sp³-hybridized carbons (Fsp3) is 0.267. The van der Waals surface area contributed by atoms with Gasteiger partial charge in [0.05, 0.1) is 25.3 Å². The molecule has 0 saturated heterocycles. The average molecular weight is 314 g/mol. The van der Waals surface area contributed by atoms with Crippen molar-refractivity contribution in [3.05, 3.63) is 30.5 Å². The van der Waals surface area contributed by atoms with Gasteiger partial charge in [0.25, 0.3) is 0 Å². The highest BCUT2D eigenvalue weighted by atomic mass is 16.5. The van der Waals surface area contributed by atoms with Gasteiger partial charge in [-0.15, -0.1) is 0 Å². The monoisotopic (exact) mass is 314 g/mol. The molecule has 2 heterocycles. The molecule has 2 aromatic heterocycles. The van der Waals surface area contributed by atoms with Crippen LogP contribution in [0.2, 0.25) is 0 Å². The van der Waals surface area contributed by atoms with Gasteiger partial charge in [0.15, 0.2) is 5.65 Å². The predicted octanol–water partition coefficient (Wildman–Crippen LogP) is 2.16. The van der Waals surface area contributed by atoms with Gasteiger partial charge in [-0.25, -0.2) is 0 Å². The molecule has 3 aromatic rings. The summed E-state index contributed by atoms with van der Waals surface area (Å²) in [5.74, 6) is 1.98. The fourth-order valence-corrected chi connectivity index (χ4v) is 2.09. The molecule has 0 spiro atoms. The second kappa shape index (κ2) is 6.93. The number of aromatic nitrogens is 4. The standard InChI is InChI=1S/C15H18N6O2/c1-22-8-7-16-15-19-13(12-9-17-21-14(12)20-15)18-10-3-5-11(23-2)6-4-10/h3-6,9H,7-8H2,1-2H3,(H3,16,17,18,19,20,21). The summed E-state index contributed by atoms with van der Waals surface area (Å²) in [7, 11) is 3.29. The van der Waals surface area contributed by atoms with Crippen molar-refractivity contribution in [3.8, 4) is 5.75 Å². The zero-order chi connectivity index (χ0) is 16.1. The van der Waals surface area contributed by atoms with Crippen molar-refractivity contribution in [2.75, 3.05) is 38.0 Å². The lowest BCUT2D eigenvalue weighted by atomic mass is 10.3. The summed E-state index contributed by atoms with van der Waals surface area (Å²) in [5, 5.41) is 14.1. The molecule has 0 saturated carbocycles. The van der Waals surface area contributed by atoms with E-state index < -0.39 is 0 Å². The van der Waals surface area contributed by atoms with E-state index in [1.165, 1.54) is 0 Å². The number of ether oxygens (including phenoxy) is 2. The van der Waals surface area contributed by atoms with Crippen LogP contribution in [-0.2, 0) is 4.74 Å². The summed E-state index contributed by atoms with van der Waals surface area (Å²) < 4.78 is 10.2. The molecule has 0 aliphatic carbocycles. The minimum atomic E-state index is 0.509. The molecule has 0 bridgehead atoms. The predicted molar refractivity (Wildman–Crippen MR) is 88.3 cm³/mol. The van der Waals surface area contributed by atoms with E-state index in [9.17, 15) is 0 Å². The molecular weight excluding hydrogens is 296 g/mol. The van der Waals surface area contributed by atoms with Crippen LogP contribution in [-0.4, -0.2) is 47.5 Å². The third-order valence-electron chi connectivity index (χ3n) is 3.25. The smallest absolute Gasteiger partial charge is 0.226 e. The first-order valence-electron chi connectivity index (χ1n) is 7.15. The number of nitrogens with zero attached hydrogens (tertiary/aromatic N) is 3. The maximum atomic E-state index is 5.16. The van der Waals surface area contributed by atoms with Gasteiger partial charge in [0.1, 0.15) is 11.6 Å². The average Bonchev–Trinajstić information content (AvgIpc) is 3.05. The normalized spacial score (nSPS) is 10.7. The summed E-state index contributed by atoms with van der Waals surface area (Å²) in [5.41, 5.74) is 1.56. The lowest BCUT2D eigenvalue weighted by Gasteiger charge is -2.10. The van der Waals surface area contributed by atoms with E-state index >= 15 is 0 Å². The van der Waals surface area contributed by atoms with Crippen molar-refractivity contribution in [1.29, 1.82) is 0 Å². The van der Waals surface area contributed by atoms with E-state index in [4.69, 9.17) is 9.47 Å². The third-order valence-corrected chi connectivity index (χ3v) is 3.25. The maximum Gasteiger partial charge on any atom is 0.226 e. The summed E-state index contributed by atoms with van der Waals surface area (Å²) >= 11 is 0. The van der Waals surface area contributed by atoms with Crippen LogP contribution in [0.5, 0.6) is 5.75 Å². The van der Waals surface area contributed by atoms with Crippen LogP contribution < -0.4 is 15.4 Å². The molecule has 0 aliphatic rings. The minimum absolute atomic E-state index is 0.509. The largest absolute Gasteiger partial charge is 0.497 e. The van der Waals surface area contributed by atoms with Gasteiger partial charge in [-0.1, -0.05) is 0 Å². The molecule has 23 heavy (non-hydrogen) atoms. The molecule has 120 valence electrons. The Morgan fingerprint density at radius 1 is 1.13 bits per heavy atom. The Morgan fingerprint density at radius 3 is 2.70 bits per heavy atom. The number of benzene rings is 1. The second-order valence-electron chi connectivity index (χ2n) is 4.80. The summed E-state index contributed by atoms with van der Waals surface area (Å²) in [4.78, 5) is 8.88. The van der Waals surface area contributed by atoms with Crippen molar-refractivity contribution < 1.29 is 9.47 Å². The third kappa shape index (κ3) is 3.49. The van der Waals surface area contributed by atoms with Gasteiger partial charge in [-0.2, -0.15) is 15.1 Å². The van der Waals surface area contributed by atoms with E-state index in [0.29, 0.717) is 30.6 Å². The van der Waals surface area contributed by atoms with Crippen LogP contribution in [0.1, 0.15) is 0 Å². The lowest BCUT2D eigenvalue weighted by molar-refractivity contribution is 0.210. The van der Waals surface area contributed by atoms with Crippen molar-refractivity contribution in [2.45, 2.75) is 0 Å². The molecule has 0 unspecified atom stereocenters. The number of hydrogen-bond acceptors (Lipinski definition) is 7. The van der Waals surface area contributed by atoms with E-state index in [1.807, 2.05) is 24.3 Å². The van der Waals surface area contributed by atoms with Crippen LogP contribution in [0, 0.1) is 0 Å². The summed E-state index contributed by atoms with van der Waals surface area (Å²) in [6.45, 7) is 1.20. The molecule has 3 N–H and O–H groups in total. The van der Waals surface area contributed by atoms with Gasteiger partial charge in [-0.05, 0) is 24.3 Å². The molecular formula is C15H18N6O2. The van der Waals surface area contributed by atoms with E-state index in [-0.39, 0.29) is 0 Å². The lowest BCUT2D eigenvalue weighted by Crippen LogP contribution is -2.11. The SMILES string of the molecule is COCCNc1nc(Nc2ccc(OC)cc2)c2cn[nH]c2n1. The van der Waals surface area contributed by atoms with Crippen LogP contribution in [0.4, 0.5) is 17.5 Å². The van der Waals surface area contributed by atoms with Gasteiger partial charge in [-0.3, -0.25) is 5.10 Å². The highest BCUT2D eigenvalue weighted by Crippen LogP contribution is 2.24. The molecule has 8 heteroatoms. The minimum Gasteiger partial charge on any atom is -0.497 e. The molecule has 1 aromatic carbocycles. The molecule has 0 radical (unpaired) electrons. The number of hydrogen-bond donors (Lipinski definition) is 3. The Labute approximate surface area is 133 Å². The Bertz CT molecular complexity index is 771. The van der Waals surface area contributed by atoms with E-state index in [0.717, 1.165) is 16.8 Å². The van der Waals surface area contributed by atoms with Crippen molar-refractivity contribution in [1.82, 2.24) is 20.2 Å². The zero-order valence-electron chi connectivity index (χ0n) is 13.0. The second-order valence-corrected chi connectivity index (χ2v) is 4.80. The number of nitrogens with one attached hydrogen (secondary N) is 3. The highest BCUT2D eigenvalue weighted by Gasteiger charge is 2.09. The van der Waals surface area contributed by atoms with Gasteiger partial charge in [0.2, 0.25) is 5.95 Å². The number of methoxy groups -OCH3 is 2. The first-order valence-corrected chi connectivity index (χ1v) is 7.15. The van der Waals surface area contributed by atoms with Crippen LogP contribution in [0.25, 0.3) is 11.0 Å². The highest BCUT2D eigenvalue weighted by molar-refractivity contribution is 5.89. The Morgan fingerprint density at radius 2 is 1.96 bits per heavy atom. The molecule has 0 amide bonds. The number of anilines is 3. The first-order chi connectivity index (χ1) is 11.3. The van der Waals surface area contributed by atoms with Crippen molar-refractivity contribution >= 4 is 28.5 Å². The molecule has 0 atom stereocenters. The molecule has 0 fully saturated rings. The van der Waals surface area contributed by atoms with Crippen LogP contribution in [0.3, 0.4) is 0 Å².